The van der Waals surface area contributed by atoms with Gasteiger partial charge in [-0.2, -0.15) is 0 Å². The molecule has 3 rings (SSSR count). The van der Waals surface area contributed by atoms with Crippen LogP contribution >= 0.6 is 39.0 Å². The lowest BCUT2D eigenvalue weighted by Gasteiger charge is -2.14. The first-order chi connectivity index (χ1) is 13.3. The zero-order valence-corrected chi connectivity index (χ0v) is 19.6. The number of imidazole rings is 1. The number of rotatable bonds is 7. The average Bonchev–Trinajstić information content (AvgIpc) is 3.27. The van der Waals surface area contributed by atoms with Gasteiger partial charge in [0, 0.05) is 36.1 Å². The van der Waals surface area contributed by atoms with E-state index >= 15 is 0 Å². The molecule has 0 unspecified atom stereocenters. The summed E-state index contributed by atoms with van der Waals surface area (Å²) in [5.41, 5.74) is 3.24. The first-order valence-electron chi connectivity index (χ1n) is 8.98. The van der Waals surface area contributed by atoms with Gasteiger partial charge in [-0.15, -0.1) is 11.3 Å². The normalized spacial score (nSPS) is 11.2. The number of thioether (sulfide) groups is 1. The van der Waals surface area contributed by atoms with E-state index in [1.807, 2.05) is 11.6 Å². The summed E-state index contributed by atoms with van der Waals surface area (Å²) >= 11 is 6.66. The Kier molecular flexibility index (Phi) is 6.95. The molecule has 0 spiro atoms. The summed E-state index contributed by atoms with van der Waals surface area (Å²) in [6.45, 7) is 6.87. The number of halogens is 1. The van der Waals surface area contributed by atoms with Crippen molar-refractivity contribution < 1.29 is 4.79 Å². The second-order valence-corrected chi connectivity index (χ2v) is 9.62. The lowest BCUT2D eigenvalue weighted by molar-refractivity contribution is -0.116. The van der Waals surface area contributed by atoms with Crippen LogP contribution < -0.4 is 4.90 Å². The van der Waals surface area contributed by atoms with E-state index in [0.29, 0.717) is 5.92 Å². The Hall–Kier alpha value is -1.64. The fraction of sp³-hybridized carbons (Fsp3) is 0.350. The third-order valence-corrected chi connectivity index (χ3v) is 6.67. The molecule has 0 fully saturated rings. The second kappa shape index (κ2) is 9.24. The van der Waals surface area contributed by atoms with E-state index in [0.717, 1.165) is 44.0 Å². The number of hydrogen-bond acceptors (Lipinski definition) is 5. The van der Waals surface area contributed by atoms with E-state index in [1.54, 1.807) is 30.6 Å². The molecular weight excluding hydrogens is 456 g/mol. The summed E-state index contributed by atoms with van der Waals surface area (Å²) in [5.74, 6) is 1.22. The van der Waals surface area contributed by atoms with Crippen LogP contribution in [0.15, 0.2) is 45.5 Å². The Bertz CT molecular complexity index is 950. The Balaban J connectivity index is 1.80. The Morgan fingerprint density at radius 2 is 2.04 bits per heavy atom. The number of carbonyl (C=O) groups excluding carboxylic acids is 1. The van der Waals surface area contributed by atoms with Gasteiger partial charge in [0.05, 0.1) is 17.6 Å². The maximum atomic E-state index is 11.5. The van der Waals surface area contributed by atoms with Crippen LogP contribution in [-0.4, -0.2) is 27.5 Å². The van der Waals surface area contributed by atoms with E-state index < -0.39 is 0 Å². The largest absolute Gasteiger partial charge is 0.319 e. The van der Waals surface area contributed by atoms with Crippen LogP contribution in [0.1, 0.15) is 26.5 Å². The standard InChI is InChI=1S/C20H23BrN4OS2/c1-13(2)10-25-18(15-5-7-16(21)8-6-15)9-22-19(25)27-11-17-12-28-20(23-17)24(4)14(3)26/h5-9,12-13H,10-11H2,1-4H3. The van der Waals surface area contributed by atoms with E-state index in [9.17, 15) is 4.79 Å². The molecule has 28 heavy (non-hydrogen) atoms. The van der Waals surface area contributed by atoms with Crippen molar-refractivity contribution in [3.8, 4) is 11.3 Å². The van der Waals surface area contributed by atoms with Crippen molar-refractivity contribution in [3.05, 3.63) is 46.0 Å². The van der Waals surface area contributed by atoms with Gasteiger partial charge in [-0.3, -0.25) is 9.69 Å². The SMILES string of the molecule is CC(=O)N(C)c1nc(CSc2ncc(-c3ccc(Br)cc3)n2CC(C)C)cs1. The second-order valence-electron chi connectivity index (χ2n) is 6.93. The smallest absolute Gasteiger partial charge is 0.225 e. The Morgan fingerprint density at radius 3 is 2.68 bits per heavy atom. The number of hydrogen-bond donors (Lipinski definition) is 0. The van der Waals surface area contributed by atoms with Gasteiger partial charge in [0.15, 0.2) is 10.3 Å². The zero-order valence-electron chi connectivity index (χ0n) is 16.3. The van der Waals surface area contributed by atoms with Gasteiger partial charge >= 0.3 is 0 Å². The molecule has 1 aromatic carbocycles. The summed E-state index contributed by atoms with van der Waals surface area (Å²) in [5, 5.41) is 3.72. The number of anilines is 1. The van der Waals surface area contributed by atoms with Crippen molar-refractivity contribution in [3.63, 3.8) is 0 Å². The molecule has 0 saturated carbocycles. The molecule has 148 valence electrons. The molecule has 5 nitrogen and oxygen atoms in total. The molecule has 2 aromatic heterocycles. The molecule has 3 aromatic rings. The van der Waals surface area contributed by atoms with Gasteiger partial charge in [0.1, 0.15) is 0 Å². The summed E-state index contributed by atoms with van der Waals surface area (Å²) in [4.78, 5) is 22.3. The predicted molar refractivity (Wildman–Crippen MR) is 121 cm³/mol. The highest BCUT2D eigenvalue weighted by Crippen LogP contribution is 2.31. The lowest BCUT2D eigenvalue weighted by Crippen LogP contribution is -2.22. The van der Waals surface area contributed by atoms with Crippen LogP contribution in [-0.2, 0) is 17.1 Å². The van der Waals surface area contributed by atoms with Gasteiger partial charge in [-0.1, -0.05) is 53.7 Å². The third-order valence-electron chi connectivity index (χ3n) is 4.15. The zero-order chi connectivity index (χ0) is 20.3. The summed E-state index contributed by atoms with van der Waals surface area (Å²) in [6, 6.07) is 8.32. The minimum absolute atomic E-state index is 0.0137. The monoisotopic (exact) mass is 478 g/mol. The van der Waals surface area contributed by atoms with Crippen molar-refractivity contribution in [2.45, 2.75) is 38.2 Å². The van der Waals surface area contributed by atoms with Crippen molar-refractivity contribution in [1.82, 2.24) is 14.5 Å². The molecule has 0 aliphatic rings. The fourth-order valence-electron chi connectivity index (χ4n) is 2.66. The van der Waals surface area contributed by atoms with Crippen LogP contribution in [0.4, 0.5) is 5.13 Å². The Morgan fingerprint density at radius 1 is 1.32 bits per heavy atom. The average molecular weight is 479 g/mol. The highest BCUT2D eigenvalue weighted by Gasteiger charge is 2.15. The van der Waals surface area contributed by atoms with Gasteiger partial charge in [0.25, 0.3) is 0 Å². The first-order valence-corrected chi connectivity index (χ1v) is 11.6. The Labute approximate surface area is 182 Å². The fourth-order valence-corrected chi connectivity index (χ4v) is 4.74. The van der Waals surface area contributed by atoms with Crippen LogP contribution in [0, 0.1) is 5.92 Å². The van der Waals surface area contributed by atoms with E-state index in [2.05, 4.69) is 68.6 Å². The highest BCUT2D eigenvalue weighted by atomic mass is 79.9. The molecule has 0 aliphatic carbocycles. The molecule has 0 N–H and O–H groups in total. The minimum Gasteiger partial charge on any atom is -0.319 e. The van der Waals surface area contributed by atoms with Gasteiger partial charge in [-0.05, 0) is 23.6 Å². The van der Waals surface area contributed by atoms with Crippen LogP contribution in [0.5, 0.6) is 0 Å². The van der Waals surface area contributed by atoms with Crippen molar-refractivity contribution in [2.75, 3.05) is 11.9 Å². The van der Waals surface area contributed by atoms with Crippen LogP contribution in [0.3, 0.4) is 0 Å². The van der Waals surface area contributed by atoms with Gasteiger partial charge in [0.2, 0.25) is 5.91 Å². The molecule has 0 aliphatic heterocycles. The van der Waals surface area contributed by atoms with Crippen LogP contribution in [0.25, 0.3) is 11.3 Å². The number of amides is 1. The highest BCUT2D eigenvalue weighted by molar-refractivity contribution is 9.10. The van der Waals surface area contributed by atoms with E-state index in [4.69, 9.17) is 0 Å². The molecule has 2 heterocycles. The molecule has 0 atom stereocenters. The molecule has 0 radical (unpaired) electrons. The van der Waals surface area contributed by atoms with Crippen molar-refractivity contribution in [1.29, 1.82) is 0 Å². The van der Waals surface area contributed by atoms with Crippen molar-refractivity contribution in [2.24, 2.45) is 5.92 Å². The number of thiazole rings is 1. The third kappa shape index (κ3) is 5.04. The molecule has 0 saturated heterocycles. The minimum atomic E-state index is -0.0137. The lowest BCUT2D eigenvalue weighted by atomic mass is 10.1. The number of benzene rings is 1. The first kappa shape index (κ1) is 21.1. The van der Waals surface area contributed by atoms with E-state index in [-0.39, 0.29) is 5.91 Å². The molecular formula is C20H23BrN4OS2. The quantitative estimate of drug-likeness (QED) is 0.408. The molecule has 0 bridgehead atoms. The summed E-state index contributed by atoms with van der Waals surface area (Å²) < 4.78 is 3.35. The molecule has 8 heteroatoms. The predicted octanol–water partition coefficient (Wildman–Crippen LogP) is 5.70. The maximum Gasteiger partial charge on any atom is 0.225 e. The van der Waals surface area contributed by atoms with Crippen LogP contribution in [0.2, 0.25) is 0 Å². The van der Waals surface area contributed by atoms with Gasteiger partial charge < -0.3 is 4.57 Å². The van der Waals surface area contributed by atoms with E-state index in [1.165, 1.54) is 11.3 Å². The van der Waals surface area contributed by atoms with Crippen molar-refractivity contribution >= 4 is 50.1 Å². The molecule has 1 amide bonds. The topological polar surface area (TPSA) is 51.0 Å². The van der Waals surface area contributed by atoms with Gasteiger partial charge in [-0.25, -0.2) is 9.97 Å². The number of aromatic nitrogens is 3. The summed E-state index contributed by atoms with van der Waals surface area (Å²) in [7, 11) is 1.75. The summed E-state index contributed by atoms with van der Waals surface area (Å²) in [6.07, 6.45) is 1.95. The number of carbonyl (C=O) groups is 1. The number of nitrogens with zero attached hydrogens (tertiary/aromatic N) is 4. The maximum absolute atomic E-state index is 11.5.